The second kappa shape index (κ2) is 5.54. The third kappa shape index (κ3) is 3.33. The van der Waals surface area contributed by atoms with Crippen LogP contribution in [0.15, 0.2) is 42.5 Å². The number of aryl methyl sites for hydroxylation is 1. The van der Waals surface area contributed by atoms with Gasteiger partial charge in [-0.3, -0.25) is 4.79 Å². The van der Waals surface area contributed by atoms with Crippen LogP contribution in [-0.2, 0) is 6.61 Å². The molecule has 0 radical (unpaired) electrons. The number of phenols is 1. The summed E-state index contributed by atoms with van der Waals surface area (Å²) in [6.07, 6.45) is 0. The number of benzene rings is 2. The van der Waals surface area contributed by atoms with Gasteiger partial charge in [0, 0.05) is 11.3 Å². The summed E-state index contributed by atoms with van der Waals surface area (Å²) in [7, 11) is 0. The van der Waals surface area contributed by atoms with Crippen molar-refractivity contribution in [3.8, 4) is 5.75 Å². The van der Waals surface area contributed by atoms with Crippen LogP contribution in [0.2, 0.25) is 0 Å². The molecule has 0 saturated carbocycles. The van der Waals surface area contributed by atoms with Crippen LogP contribution in [-0.4, -0.2) is 16.1 Å². The fourth-order valence-electron chi connectivity index (χ4n) is 1.84. The van der Waals surface area contributed by atoms with Gasteiger partial charge in [0.25, 0.3) is 5.91 Å². The number of phenolic OH excluding ortho intramolecular Hbond substituents is 1. The molecule has 0 bridgehead atoms. The van der Waals surface area contributed by atoms with Crippen LogP contribution in [0.4, 0.5) is 5.69 Å². The molecule has 0 spiro atoms. The van der Waals surface area contributed by atoms with Gasteiger partial charge in [-0.05, 0) is 48.4 Å². The fraction of sp³-hybridized carbons (Fsp3) is 0.133. The van der Waals surface area contributed by atoms with Crippen LogP contribution in [0.3, 0.4) is 0 Å². The SMILES string of the molecule is Cc1cc(O)cc(C(=O)Nc2cccc(CO)c2)c1. The van der Waals surface area contributed by atoms with E-state index >= 15 is 0 Å². The molecule has 98 valence electrons. The monoisotopic (exact) mass is 257 g/mol. The number of anilines is 1. The largest absolute Gasteiger partial charge is 0.508 e. The molecule has 19 heavy (non-hydrogen) atoms. The molecule has 3 N–H and O–H groups in total. The van der Waals surface area contributed by atoms with Crippen molar-refractivity contribution in [1.29, 1.82) is 0 Å². The lowest BCUT2D eigenvalue weighted by molar-refractivity contribution is 0.102. The fourth-order valence-corrected chi connectivity index (χ4v) is 1.84. The molecule has 0 aliphatic heterocycles. The van der Waals surface area contributed by atoms with Gasteiger partial charge in [0.05, 0.1) is 6.61 Å². The molecule has 2 aromatic rings. The Morgan fingerprint density at radius 2 is 2.00 bits per heavy atom. The molecular weight excluding hydrogens is 242 g/mol. The highest BCUT2D eigenvalue weighted by molar-refractivity contribution is 6.04. The van der Waals surface area contributed by atoms with Crippen LogP contribution in [0, 0.1) is 6.92 Å². The van der Waals surface area contributed by atoms with Gasteiger partial charge >= 0.3 is 0 Å². The maximum atomic E-state index is 12.0. The highest BCUT2D eigenvalue weighted by Crippen LogP contribution is 2.17. The molecule has 2 aromatic carbocycles. The molecule has 2 rings (SSSR count). The lowest BCUT2D eigenvalue weighted by atomic mass is 10.1. The first-order valence-electron chi connectivity index (χ1n) is 5.90. The summed E-state index contributed by atoms with van der Waals surface area (Å²) in [6, 6.07) is 11.7. The van der Waals surface area contributed by atoms with Gasteiger partial charge in [-0.25, -0.2) is 0 Å². The number of aromatic hydroxyl groups is 1. The van der Waals surface area contributed by atoms with Gasteiger partial charge in [0.2, 0.25) is 0 Å². The zero-order valence-corrected chi connectivity index (χ0v) is 10.6. The number of nitrogens with one attached hydrogen (secondary N) is 1. The van der Waals surface area contributed by atoms with Crippen LogP contribution in [0.25, 0.3) is 0 Å². The van der Waals surface area contributed by atoms with Crippen LogP contribution in [0.5, 0.6) is 5.75 Å². The molecule has 0 fully saturated rings. The van der Waals surface area contributed by atoms with E-state index in [9.17, 15) is 9.90 Å². The molecule has 1 amide bonds. The molecule has 0 atom stereocenters. The van der Waals surface area contributed by atoms with E-state index in [1.165, 1.54) is 6.07 Å². The third-order valence-electron chi connectivity index (χ3n) is 2.69. The molecule has 0 aromatic heterocycles. The zero-order valence-electron chi connectivity index (χ0n) is 10.6. The summed E-state index contributed by atoms with van der Waals surface area (Å²) in [5, 5.41) is 21.2. The van der Waals surface area contributed by atoms with Crippen molar-refractivity contribution in [2.45, 2.75) is 13.5 Å². The van der Waals surface area contributed by atoms with Crippen molar-refractivity contribution in [3.05, 3.63) is 59.2 Å². The van der Waals surface area contributed by atoms with E-state index in [4.69, 9.17) is 5.11 Å². The average Bonchev–Trinajstić information content (AvgIpc) is 2.37. The minimum absolute atomic E-state index is 0.0641. The maximum absolute atomic E-state index is 12.0. The number of rotatable bonds is 3. The predicted molar refractivity (Wildman–Crippen MR) is 73.2 cm³/mol. The minimum Gasteiger partial charge on any atom is -0.508 e. The molecular formula is C15H15NO3. The Morgan fingerprint density at radius 3 is 2.68 bits per heavy atom. The van der Waals surface area contributed by atoms with Crippen molar-refractivity contribution in [1.82, 2.24) is 0 Å². The molecule has 0 saturated heterocycles. The Balaban J connectivity index is 2.20. The van der Waals surface area contributed by atoms with Crippen LogP contribution in [0.1, 0.15) is 21.5 Å². The first-order chi connectivity index (χ1) is 9.08. The lowest BCUT2D eigenvalue weighted by Gasteiger charge is -2.07. The summed E-state index contributed by atoms with van der Waals surface area (Å²) < 4.78 is 0. The normalized spacial score (nSPS) is 10.2. The summed E-state index contributed by atoms with van der Waals surface area (Å²) in [5.41, 5.74) is 2.54. The van der Waals surface area contributed by atoms with Crippen molar-refractivity contribution < 1.29 is 15.0 Å². The Morgan fingerprint density at radius 1 is 1.21 bits per heavy atom. The molecule has 0 aliphatic rings. The zero-order chi connectivity index (χ0) is 13.8. The quantitative estimate of drug-likeness (QED) is 0.791. The standard InChI is InChI=1S/C15H15NO3/c1-10-5-12(8-14(18)6-10)15(19)16-13-4-2-3-11(7-13)9-17/h2-8,17-18H,9H2,1H3,(H,16,19). The molecule has 4 nitrogen and oxygen atoms in total. The van der Waals surface area contributed by atoms with Crippen molar-refractivity contribution in [3.63, 3.8) is 0 Å². The molecule has 0 heterocycles. The summed E-state index contributed by atoms with van der Waals surface area (Å²) >= 11 is 0. The lowest BCUT2D eigenvalue weighted by Crippen LogP contribution is -2.12. The average molecular weight is 257 g/mol. The number of hydrogen-bond acceptors (Lipinski definition) is 3. The molecule has 0 aliphatic carbocycles. The predicted octanol–water partition coefficient (Wildman–Crippen LogP) is 2.45. The summed E-state index contributed by atoms with van der Waals surface area (Å²) in [6.45, 7) is 1.73. The van der Waals surface area contributed by atoms with Gasteiger partial charge in [-0.2, -0.15) is 0 Å². The van der Waals surface area contributed by atoms with E-state index in [-0.39, 0.29) is 18.3 Å². The Labute approximate surface area is 111 Å². The van der Waals surface area contributed by atoms with Crippen LogP contribution < -0.4 is 5.32 Å². The van der Waals surface area contributed by atoms with E-state index in [0.29, 0.717) is 11.3 Å². The third-order valence-corrected chi connectivity index (χ3v) is 2.69. The van der Waals surface area contributed by atoms with Gasteiger partial charge in [0.15, 0.2) is 0 Å². The van der Waals surface area contributed by atoms with E-state index in [1.54, 1.807) is 36.4 Å². The number of hydrogen-bond donors (Lipinski definition) is 3. The van der Waals surface area contributed by atoms with Crippen LogP contribution >= 0.6 is 0 Å². The van der Waals surface area contributed by atoms with Crippen molar-refractivity contribution >= 4 is 11.6 Å². The number of aliphatic hydroxyl groups is 1. The van der Waals surface area contributed by atoms with Gasteiger partial charge < -0.3 is 15.5 Å². The topological polar surface area (TPSA) is 69.6 Å². The van der Waals surface area contributed by atoms with E-state index in [0.717, 1.165) is 11.1 Å². The number of carbonyl (C=O) groups excluding carboxylic acids is 1. The van der Waals surface area contributed by atoms with Crippen molar-refractivity contribution in [2.24, 2.45) is 0 Å². The maximum Gasteiger partial charge on any atom is 0.255 e. The number of amides is 1. The molecule has 4 heteroatoms. The van der Waals surface area contributed by atoms with E-state index in [1.807, 2.05) is 6.92 Å². The minimum atomic E-state index is -0.297. The Bertz CT molecular complexity index is 588. The smallest absolute Gasteiger partial charge is 0.255 e. The first kappa shape index (κ1) is 13.1. The Hall–Kier alpha value is -2.33. The molecule has 0 unspecified atom stereocenters. The van der Waals surface area contributed by atoms with Gasteiger partial charge in [-0.1, -0.05) is 12.1 Å². The summed E-state index contributed by atoms with van der Waals surface area (Å²) in [4.78, 5) is 12.0. The summed E-state index contributed by atoms with van der Waals surface area (Å²) in [5.74, 6) is -0.233. The highest BCUT2D eigenvalue weighted by atomic mass is 16.3. The number of aliphatic hydroxyl groups excluding tert-OH is 1. The highest BCUT2D eigenvalue weighted by Gasteiger charge is 2.08. The van der Waals surface area contributed by atoms with Crippen molar-refractivity contribution in [2.75, 3.05) is 5.32 Å². The van der Waals surface area contributed by atoms with Gasteiger partial charge in [0.1, 0.15) is 5.75 Å². The van der Waals surface area contributed by atoms with E-state index in [2.05, 4.69) is 5.32 Å². The second-order valence-electron chi connectivity index (χ2n) is 4.37. The second-order valence-corrected chi connectivity index (χ2v) is 4.37. The van der Waals surface area contributed by atoms with E-state index < -0.39 is 0 Å². The van der Waals surface area contributed by atoms with Gasteiger partial charge in [-0.15, -0.1) is 0 Å². The Kier molecular flexibility index (Phi) is 3.82. The number of carbonyl (C=O) groups is 1. The first-order valence-corrected chi connectivity index (χ1v) is 5.90.